The Kier molecular flexibility index (Phi) is 6.65. The molecule has 0 bridgehead atoms. The minimum Gasteiger partial charge on any atom is -0.481 e. The molecule has 0 atom stereocenters. The first kappa shape index (κ1) is 22.8. The van der Waals surface area contributed by atoms with Crippen LogP contribution in [0.15, 0.2) is 42.6 Å². The van der Waals surface area contributed by atoms with Gasteiger partial charge < -0.3 is 18.9 Å². The van der Waals surface area contributed by atoms with Crippen LogP contribution in [0, 0.1) is 13.8 Å². The lowest BCUT2D eigenvalue weighted by Crippen LogP contribution is -2.49. The molecule has 0 saturated carbocycles. The number of rotatable bonds is 6. The predicted molar refractivity (Wildman–Crippen MR) is 130 cm³/mol. The van der Waals surface area contributed by atoms with Crippen LogP contribution in [0.5, 0.6) is 5.88 Å². The lowest BCUT2D eigenvalue weighted by Gasteiger charge is -2.41. The SMILES string of the molecule is CC.COCc1nnc(N2CC(n3c(C)cc4cc(C)ccc43)C2)n1-c1ccc(OC)nc1. The van der Waals surface area contributed by atoms with E-state index in [9.17, 15) is 0 Å². The number of fused-ring (bicyclic) bond motifs is 1. The number of pyridine rings is 1. The molecular weight excluding hydrogens is 416 g/mol. The summed E-state index contributed by atoms with van der Waals surface area (Å²) >= 11 is 0. The molecule has 0 unspecified atom stereocenters. The first-order chi connectivity index (χ1) is 16.1. The van der Waals surface area contributed by atoms with E-state index in [4.69, 9.17) is 9.47 Å². The summed E-state index contributed by atoms with van der Waals surface area (Å²) in [5.74, 6) is 2.12. The Morgan fingerprint density at radius 2 is 1.79 bits per heavy atom. The molecule has 1 saturated heterocycles. The van der Waals surface area contributed by atoms with Crippen LogP contribution in [0.4, 0.5) is 5.95 Å². The maximum Gasteiger partial charge on any atom is 0.232 e. The van der Waals surface area contributed by atoms with E-state index in [0.29, 0.717) is 18.5 Å². The third kappa shape index (κ3) is 4.18. The third-order valence-corrected chi connectivity index (χ3v) is 5.87. The summed E-state index contributed by atoms with van der Waals surface area (Å²) in [6.07, 6.45) is 1.77. The molecule has 174 valence electrons. The average Bonchev–Trinajstić information content (AvgIpc) is 3.35. The average molecular weight is 449 g/mol. The van der Waals surface area contributed by atoms with Gasteiger partial charge in [-0.1, -0.05) is 25.5 Å². The highest BCUT2D eigenvalue weighted by Crippen LogP contribution is 2.33. The van der Waals surface area contributed by atoms with Gasteiger partial charge in [0.15, 0.2) is 5.82 Å². The van der Waals surface area contributed by atoms with Crippen LogP contribution in [-0.4, -0.2) is 51.6 Å². The molecule has 1 aliphatic rings. The lowest BCUT2D eigenvalue weighted by atomic mass is 10.1. The van der Waals surface area contributed by atoms with E-state index in [0.717, 1.165) is 30.5 Å². The van der Waals surface area contributed by atoms with Crippen LogP contribution < -0.4 is 9.64 Å². The second-order valence-electron chi connectivity index (χ2n) is 8.02. The van der Waals surface area contributed by atoms with Crippen LogP contribution in [0.1, 0.15) is 37.0 Å². The number of hydrogen-bond donors (Lipinski definition) is 0. The number of hydrogen-bond acceptors (Lipinski definition) is 6. The molecule has 1 fully saturated rings. The largest absolute Gasteiger partial charge is 0.481 e. The van der Waals surface area contributed by atoms with E-state index in [-0.39, 0.29) is 0 Å². The smallest absolute Gasteiger partial charge is 0.232 e. The quantitative estimate of drug-likeness (QED) is 0.433. The van der Waals surface area contributed by atoms with Gasteiger partial charge >= 0.3 is 0 Å². The van der Waals surface area contributed by atoms with E-state index in [1.807, 2.05) is 30.5 Å². The summed E-state index contributed by atoms with van der Waals surface area (Å²) in [6.45, 7) is 10.4. The van der Waals surface area contributed by atoms with Gasteiger partial charge in [-0.2, -0.15) is 0 Å². The monoisotopic (exact) mass is 448 g/mol. The van der Waals surface area contributed by atoms with E-state index >= 15 is 0 Å². The molecule has 1 aliphatic heterocycles. The maximum absolute atomic E-state index is 5.34. The van der Waals surface area contributed by atoms with Crippen molar-refractivity contribution in [1.29, 1.82) is 0 Å². The lowest BCUT2D eigenvalue weighted by molar-refractivity contribution is 0.176. The Bertz CT molecular complexity index is 1220. The fourth-order valence-electron chi connectivity index (χ4n) is 4.38. The summed E-state index contributed by atoms with van der Waals surface area (Å²) in [5.41, 5.74) is 4.74. The molecule has 33 heavy (non-hydrogen) atoms. The van der Waals surface area contributed by atoms with Crippen molar-refractivity contribution >= 4 is 16.9 Å². The van der Waals surface area contributed by atoms with Gasteiger partial charge in [0, 0.05) is 42.9 Å². The van der Waals surface area contributed by atoms with E-state index in [1.54, 1.807) is 20.4 Å². The number of aromatic nitrogens is 5. The topological polar surface area (TPSA) is 70.2 Å². The Labute approximate surface area is 194 Å². The van der Waals surface area contributed by atoms with E-state index in [2.05, 4.69) is 62.8 Å². The molecule has 8 nitrogen and oxygen atoms in total. The zero-order valence-electron chi connectivity index (χ0n) is 20.2. The first-order valence-electron chi connectivity index (χ1n) is 11.4. The number of anilines is 1. The maximum atomic E-state index is 5.34. The molecule has 0 amide bonds. The number of benzene rings is 1. The Balaban J connectivity index is 0.00000126. The zero-order chi connectivity index (χ0) is 23.5. The molecule has 8 heteroatoms. The fraction of sp³-hybridized carbons (Fsp3) is 0.400. The van der Waals surface area contributed by atoms with Crippen molar-refractivity contribution in [3.05, 3.63) is 59.7 Å². The molecule has 1 aromatic carbocycles. The molecule has 5 rings (SSSR count). The van der Waals surface area contributed by atoms with Crippen LogP contribution >= 0.6 is 0 Å². The van der Waals surface area contributed by atoms with E-state index < -0.39 is 0 Å². The fourth-order valence-corrected chi connectivity index (χ4v) is 4.38. The van der Waals surface area contributed by atoms with Gasteiger partial charge in [0.25, 0.3) is 0 Å². The Morgan fingerprint density at radius 3 is 2.45 bits per heavy atom. The summed E-state index contributed by atoms with van der Waals surface area (Å²) in [4.78, 5) is 6.60. The number of nitrogens with zero attached hydrogens (tertiary/aromatic N) is 6. The minimum absolute atomic E-state index is 0.372. The second-order valence-corrected chi connectivity index (χ2v) is 8.02. The highest BCUT2D eigenvalue weighted by atomic mass is 16.5. The summed E-state index contributed by atoms with van der Waals surface area (Å²) in [6, 6.07) is 13.1. The Morgan fingerprint density at radius 1 is 1.00 bits per heavy atom. The molecule has 4 heterocycles. The van der Waals surface area contributed by atoms with Gasteiger partial charge in [-0.15, -0.1) is 10.2 Å². The van der Waals surface area contributed by atoms with Crippen LogP contribution in [0.3, 0.4) is 0 Å². The summed E-state index contributed by atoms with van der Waals surface area (Å²) in [7, 11) is 3.27. The van der Waals surface area contributed by atoms with Gasteiger partial charge in [-0.3, -0.25) is 4.57 Å². The van der Waals surface area contributed by atoms with Crippen molar-refractivity contribution in [2.75, 3.05) is 32.2 Å². The van der Waals surface area contributed by atoms with Gasteiger partial charge in [-0.25, -0.2) is 4.98 Å². The van der Waals surface area contributed by atoms with Gasteiger partial charge in [0.2, 0.25) is 11.8 Å². The first-order valence-corrected chi connectivity index (χ1v) is 11.4. The number of aryl methyl sites for hydroxylation is 2. The van der Waals surface area contributed by atoms with Crippen molar-refractivity contribution < 1.29 is 9.47 Å². The highest BCUT2D eigenvalue weighted by Gasteiger charge is 2.34. The van der Waals surface area contributed by atoms with Crippen molar-refractivity contribution in [3.63, 3.8) is 0 Å². The standard InChI is InChI=1S/C23H26N6O2.C2H6/c1-15-5-7-20-17(9-15)10-16(2)28(20)19-12-27(13-19)23-26-25-21(14-30-3)29(23)18-6-8-22(31-4)24-11-18;1-2/h5-11,19H,12-14H2,1-4H3;1-2H3. The molecular formula is C25H32N6O2. The number of methoxy groups -OCH3 is 2. The minimum atomic E-state index is 0.372. The second kappa shape index (κ2) is 9.62. The van der Waals surface area contributed by atoms with Crippen molar-refractivity contribution in [1.82, 2.24) is 24.3 Å². The molecule has 0 spiro atoms. The van der Waals surface area contributed by atoms with Crippen LogP contribution in [-0.2, 0) is 11.3 Å². The molecule has 0 aliphatic carbocycles. The van der Waals surface area contributed by atoms with E-state index in [1.165, 1.54) is 22.2 Å². The van der Waals surface area contributed by atoms with Gasteiger partial charge in [0.05, 0.1) is 25.0 Å². The zero-order valence-corrected chi connectivity index (χ0v) is 20.2. The molecule has 4 aromatic rings. The Hall–Kier alpha value is -3.39. The van der Waals surface area contributed by atoms with Crippen molar-refractivity contribution in [3.8, 4) is 11.6 Å². The van der Waals surface area contributed by atoms with Crippen LogP contribution in [0.2, 0.25) is 0 Å². The van der Waals surface area contributed by atoms with Crippen molar-refractivity contribution in [2.24, 2.45) is 0 Å². The molecule has 0 N–H and O–H groups in total. The number of ether oxygens (including phenoxy) is 2. The highest BCUT2D eigenvalue weighted by molar-refractivity contribution is 5.82. The summed E-state index contributed by atoms with van der Waals surface area (Å²) < 4.78 is 15.0. The van der Waals surface area contributed by atoms with Gasteiger partial charge in [-0.05, 0) is 38.1 Å². The third-order valence-electron chi connectivity index (χ3n) is 5.87. The normalized spacial score (nSPS) is 13.6. The van der Waals surface area contributed by atoms with Crippen molar-refractivity contribution in [2.45, 2.75) is 40.3 Å². The molecule has 3 aromatic heterocycles. The molecule has 0 radical (unpaired) electrons. The van der Waals surface area contributed by atoms with Crippen LogP contribution in [0.25, 0.3) is 16.6 Å². The summed E-state index contributed by atoms with van der Waals surface area (Å²) in [5, 5.41) is 10.1. The van der Waals surface area contributed by atoms with Gasteiger partial charge in [0.1, 0.15) is 6.61 Å². The predicted octanol–water partition coefficient (Wildman–Crippen LogP) is 4.48.